The highest BCUT2D eigenvalue weighted by Crippen LogP contribution is 2.35. The fourth-order valence-corrected chi connectivity index (χ4v) is 3.01. The van der Waals surface area contributed by atoms with Gasteiger partial charge in [0.15, 0.2) is 0 Å². The van der Waals surface area contributed by atoms with Gasteiger partial charge in [0.25, 0.3) is 0 Å². The Balaban J connectivity index is 2.21. The van der Waals surface area contributed by atoms with Gasteiger partial charge >= 0.3 is 12.1 Å². The lowest BCUT2D eigenvalue weighted by atomic mass is 9.75. The molecule has 1 aliphatic heterocycles. The first-order chi connectivity index (χ1) is 11.1. The molecule has 2 rings (SSSR count). The van der Waals surface area contributed by atoms with Crippen LogP contribution in [0.4, 0.5) is 9.18 Å². The standard InChI is InChI=1S/C18H24FNO4/c1-17(2,3)24-16(23)20-10-6-9-18(12-20,15(21)22)11-13-7-4-5-8-14(13)19/h4-5,7-8H,6,9-12H2,1-3H3,(H,21,22)/t18-/m1/s1. The van der Waals surface area contributed by atoms with Crippen LogP contribution in [0.15, 0.2) is 24.3 Å². The summed E-state index contributed by atoms with van der Waals surface area (Å²) in [5.74, 6) is -1.44. The number of benzene rings is 1. The third-order valence-electron chi connectivity index (χ3n) is 4.17. The van der Waals surface area contributed by atoms with Crippen LogP contribution in [-0.2, 0) is 16.0 Å². The fourth-order valence-electron chi connectivity index (χ4n) is 3.01. The topological polar surface area (TPSA) is 66.8 Å². The normalized spacial score (nSPS) is 21.4. The third-order valence-corrected chi connectivity index (χ3v) is 4.17. The summed E-state index contributed by atoms with van der Waals surface area (Å²) in [6.45, 7) is 5.75. The molecule has 0 unspecified atom stereocenters. The van der Waals surface area contributed by atoms with Crippen molar-refractivity contribution in [2.24, 2.45) is 5.41 Å². The van der Waals surface area contributed by atoms with E-state index in [2.05, 4.69) is 0 Å². The van der Waals surface area contributed by atoms with Crippen molar-refractivity contribution in [3.05, 3.63) is 35.6 Å². The smallest absolute Gasteiger partial charge is 0.410 e. The summed E-state index contributed by atoms with van der Waals surface area (Å²) in [4.78, 5) is 25.6. The zero-order valence-electron chi connectivity index (χ0n) is 14.3. The Morgan fingerprint density at radius 2 is 2.00 bits per heavy atom. The van der Waals surface area contributed by atoms with E-state index in [0.717, 1.165) is 0 Å². The maximum Gasteiger partial charge on any atom is 0.410 e. The second kappa shape index (κ2) is 6.79. The number of hydrogen-bond donors (Lipinski definition) is 1. The Kier molecular flexibility index (Phi) is 5.16. The van der Waals surface area contributed by atoms with Crippen molar-refractivity contribution >= 4 is 12.1 Å². The Bertz CT molecular complexity index is 626. The number of aliphatic carboxylic acids is 1. The Hall–Kier alpha value is -2.11. The van der Waals surface area contributed by atoms with E-state index in [4.69, 9.17) is 4.74 Å². The zero-order chi connectivity index (χ0) is 18.0. The average Bonchev–Trinajstić information content (AvgIpc) is 2.48. The van der Waals surface area contributed by atoms with Crippen LogP contribution in [0, 0.1) is 11.2 Å². The number of nitrogens with zero attached hydrogens (tertiary/aromatic N) is 1. The van der Waals surface area contributed by atoms with E-state index in [1.54, 1.807) is 39.0 Å². The number of carbonyl (C=O) groups excluding carboxylic acids is 1. The van der Waals surface area contributed by atoms with Gasteiger partial charge in [0, 0.05) is 13.1 Å². The molecule has 0 saturated carbocycles. The van der Waals surface area contributed by atoms with Gasteiger partial charge in [-0.2, -0.15) is 0 Å². The van der Waals surface area contributed by atoms with Crippen molar-refractivity contribution in [2.45, 2.75) is 45.6 Å². The molecule has 0 radical (unpaired) electrons. The molecule has 0 aliphatic carbocycles. The summed E-state index contributed by atoms with van der Waals surface area (Å²) in [7, 11) is 0. The molecule has 0 aromatic heterocycles. The highest BCUT2D eigenvalue weighted by Gasteiger charge is 2.44. The summed E-state index contributed by atoms with van der Waals surface area (Å²) >= 11 is 0. The predicted octanol–water partition coefficient (Wildman–Crippen LogP) is 3.47. The molecule has 6 heteroatoms. The van der Waals surface area contributed by atoms with Gasteiger partial charge in [-0.15, -0.1) is 0 Å². The van der Waals surface area contributed by atoms with E-state index < -0.39 is 28.9 Å². The molecule has 0 bridgehead atoms. The van der Waals surface area contributed by atoms with E-state index in [1.807, 2.05) is 0 Å². The van der Waals surface area contributed by atoms with Gasteiger partial charge in [-0.25, -0.2) is 9.18 Å². The lowest BCUT2D eigenvalue weighted by Gasteiger charge is -2.40. The molecular formula is C18H24FNO4. The molecule has 1 amide bonds. The number of hydrogen-bond acceptors (Lipinski definition) is 3. The number of rotatable bonds is 3. The lowest BCUT2D eigenvalue weighted by molar-refractivity contribution is -0.152. The number of ether oxygens (including phenoxy) is 1. The van der Waals surface area contributed by atoms with Crippen LogP contribution in [0.25, 0.3) is 0 Å². The Labute approximate surface area is 141 Å². The largest absolute Gasteiger partial charge is 0.481 e. The van der Waals surface area contributed by atoms with Gasteiger partial charge in [-0.3, -0.25) is 4.79 Å². The second-order valence-electron chi connectivity index (χ2n) is 7.36. The van der Waals surface area contributed by atoms with E-state index in [1.165, 1.54) is 11.0 Å². The second-order valence-corrected chi connectivity index (χ2v) is 7.36. The van der Waals surface area contributed by atoms with Crippen LogP contribution < -0.4 is 0 Å². The number of carboxylic acid groups (broad SMARTS) is 1. The van der Waals surface area contributed by atoms with E-state index in [9.17, 15) is 19.1 Å². The molecule has 5 nitrogen and oxygen atoms in total. The van der Waals surface area contributed by atoms with Crippen LogP contribution in [0.5, 0.6) is 0 Å². The van der Waals surface area contributed by atoms with Crippen molar-refractivity contribution in [1.82, 2.24) is 4.90 Å². The summed E-state index contributed by atoms with van der Waals surface area (Å²) in [5, 5.41) is 9.77. The molecule has 0 spiro atoms. The number of halogens is 1. The molecule has 1 aromatic carbocycles. The molecule has 1 aromatic rings. The van der Waals surface area contributed by atoms with Crippen molar-refractivity contribution in [2.75, 3.05) is 13.1 Å². The minimum Gasteiger partial charge on any atom is -0.481 e. The van der Waals surface area contributed by atoms with Gasteiger partial charge < -0.3 is 14.7 Å². The average molecular weight is 337 g/mol. The minimum atomic E-state index is -1.20. The highest BCUT2D eigenvalue weighted by molar-refractivity contribution is 5.77. The summed E-state index contributed by atoms with van der Waals surface area (Å²) in [5.41, 5.74) is -1.49. The molecule has 1 aliphatic rings. The van der Waals surface area contributed by atoms with Crippen molar-refractivity contribution in [3.63, 3.8) is 0 Å². The molecule has 1 fully saturated rings. The summed E-state index contributed by atoms with van der Waals surface area (Å²) in [6, 6.07) is 6.16. The van der Waals surface area contributed by atoms with Gasteiger partial charge in [0.2, 0.25) is 0 Å². The minimum absolute atomic E-state index is 0.0194. The first kappa shape index (κ1) is 18.2. The van der Waals surface area contributed by atoms with Crippen LogP contribution in [-0.4, -0.2) is 40.8 Å². The van der Waals surface area contributed by atoms with Crippen molar-refractivity contribution < 1.29 is 23.8 Å². The van der Waals surface area contributed by atoms with Crippen LogP contribution in [0.1, 0.15) is 39.2 Å². The summed E-state index contributed by atoms with van der Waals surface area (Å²) in [6.07, 6.45) is 0.464. The van der Waals surface area contributed by atoms with Crippen LogP contribution in [0.3, 0.4) is 0 Å². The van der Waals surface area contributed by atoms with Crippen LogP contribution in [0.2, 0.25) is 0 Å². The molecule has 1 N–H and O–H groups in total. The molecule has 1 heterocycles. The number of carboxylic acids is 1. The SMILES string of the molecule is CC(C)(C)OC(=O)N1CCC[C@](Cc2ccccc2F)(C(=O)O)C1. The predicted molar refractivity (Wildman–Crippen MR) is 87.2 cm³/mol. The monoisotopic (exact) mass is 337 g/mol. The first-order valence-electron chi connectivity index (χ1n) is 8.08. The molecule has 132 valence electrons. The van der Waals surface area contributed by atoms with Crippen molar-refractivity contribution in [3.8, 4) is 0 Å². The third kappa shape index (κ3) is 4.24. The Morgan fingerprint density at radius 1 is 1.33 bits per heavy atom. The Morgan fingerprint density at radius 3 is 2.58 bits per heavy atom. The van der Waals surface area contributed by atoms with E-state index in [-0.39, 0.29) is 13.0 Å². The van der Waals surface area contributed by atoms with E-state index in [0.29, 0.717) is 24.9 Å². The maximum atomic E-state index is 14.0. The van der Waals surface area contributed by atoms with Gasteiger partial charge in [-0.05, 0) is 51.7 Å². The molecule has 1 atom stereocenters. The lowest BCUT2D eigenvalue weighted by Crippen LogP contribution is -2.52. The van der Waals surface area contributed by atoms with Crippen molar-refractivity contribution in [1.29, 1.82) is 0 Å². The van der Waals surface area contributed by atoms with Gasteiger partial charge in [0.05, 0.1) is 5.41 Å². The number of piperidine rings is 1. The maximum absolute atomic E-state index is 14.0. The quantitative estimate of drug-likeness (QED) is 0.917. The fraction of sp³-hybridized carbons (Fsp3) is 0.556. The number of likely N-dealkylation sites (tertiary alicyclic amines) is 1. The van der Waals surface area contributed by atoms with Gasteiger partial charge in [-0.1, -0.05) is 18.2 Å². The van der Waals surface area contributed by atoms with Gasteiger partial charge in [0.1, 0.15) is 11.4 Å². The zero-order valence-corrected chi connectivity index (χ0v) is 14.3. The highest BCUT2D eigenvalue weighted by atomic mass is 19.1. The van der Waals surface area contributed by atoms with E-state index >= 15 is 0 Å². The number of carbonyl (C=O) groups is 2. The number of amides is 1. The van der Waals surface area contributed by atoms with Crippen LogP contribution >= 0.6 is 0 Å². The first-order valence-corrected chi connectivity index (χ1v) is 8.08. The molecule has 24 heavy (non-hydrogen) atoms. The summed E-state index contributed by atoms with van der Waals surface area (Å²) < 4.78 is 19.3. The molecule has 1 saturated heterocycles. The molecular weight excluding hydrogens is 313 g/mol.